The van der Waals surface area contributed by atoms with E-state index in [0.29, 0.717) is 5.75 Å². The molecule has 0 saturated heterocycles. The minimum atomic E-state index is -0.114. The average Bonchev–Trinajstić information content (AvgIpc) is 2.34. The van der Waals surface area contributed by atoms with Crippen LogP contribution in [-0.4, -0.2) is 12.0 Å². The topological polar surface area (TPSA) is 53.9 Å². The largest absolute Gasteiger partial charge is 0.424 e. The van der Waals surface area contributed by atoms with Gasteiger partial charge in [0.25, 0.3) is 0 Å². The van der Waals surface area contributed by atoms with E-state index in [2.05, 4.69) is 73.5 Å². The van der Waals surface area contributed by atoms with E-state index in [1.807, 2.05) is 12.1 Å². The number of carbonyl (C=O) groups is 1. The first kappa shape index (κ1) is 16.2. The number of ether oxygens (including phenoxy) is 1. The smallest absolute Gasteiger partial charge is 0.320 e. The predicted molar refractivity (Wildman–Crippen MR) is 98.9 cm³/mol. The maximum Gasteiger partial charge on any atom is 0.320 e. The third-order valence-corrected chi connectivity index (χ3v) is 5.60. The molecule has 1 aliphatic rings. The van der Waals surface area contributed by atoms with Crippen LogP contribution in [0.2, 0.25) is 0 Å². The van der Waals surface area contributed by atoms with E-state index < -0.39 is 0 Å². The molecule has 3 N–H and O–H groups in total. The minimum Gasteiger partial charge on any atom is -0.424 e. The van der Waals surface area contributed by atoms with Crippen LogP contribution in [0, 0.1) is 16.6 Å². The van der Waals surface area contributed by atoms with E-state index >= 15 is 0 Å². The number of hydrogen-bond donors (Lipinski definition) is 1. The molecule has 6 heteroatoms. The van der Waals surface area contributed by atoms with Crippen molar-refractivity contribution >= 4 is 73.7 Å². The Morgan fingerprint density at radius 1 is 1.16 bits per heavy atom. The summed E-state index contributed by atoms with van der Waals surface area (Å²) in [7, 11) is 0. The van der Waals surface area contributed by atoms with Crippen molar-refractivity contribution in [3.8, 4) is 5.75 Å². The van der Waals surface area contributed by atoms with Gasteiger partial charge in [0.1, 0.15) is 5.92 Å². The first-order valence-corrected chi connectivity index (χ1v) is 9.42. The SMILES string of the molecule is [NH3+]C1CCCCC1C(=O)Oc1c(I)cc(I)cc1I. The van der Waals surface area contributed by atoms with Gasteiger partial charge < -0.3 is 10.5 Å². The Labute approximate surface area is 153 Å². The summed E-state index contributed by atoms with van der Waals surface area (Å²) in [5.41, 5.74) is 4.09. The van der Waals surface area contributed by atoms with Crippen molar-refractivity contribution < 1.29 is 15.3 Å². The summed E-state index contributed by atoms with van der Waals surface area (Å²) in [6, 6.07) is 4.24. The molecule has 0 bridgehead atoms. The molecule has 19 heavy (non-hydrogen) atoms. The monoisotopic (exact) mass is 598 g/mol. The van der Waals surface area contributed by atoms with Crippen LogP contribution in [0.5, 0.6) is 5.75 Å². The fourth-order valence-corrected chi connectivity index (χ4v) is 6.12. The summed E-state index contributed by atoms with van der Waals surface area (Å²) < 4.78 is 8.77. The van der Waals surface area contributed by atoms with Gasteiger partial charge in [-0.25, -0.2) is 0 Å². The second-order valence-corrected chi connectivity index (χ2v) is 8.34. The van der Waals surface area contributed by atoms with Crippen molar-refractivity contribution in [2.75, 3.05) is 0 Å². The Balaban J connectivity index is 2.14. The van der Waals surface area contributed by atoms with Crippen LogP contribution in [0.3, 0.4) is 0 Å². The summed E-state index contributed by atoms with van der Waals surface area (Å²) in [5, 5.41) is 0. The second kappa shape index (κ2) is 7.21. The quantitative estimate of drug-likeness (QED) is 0.324. The van der Waals surface area contributed by atoms with E-state index in [4.69, 9.17) is 4.74 Å². The van der Waals surface area contributed by atoms with E-state index in [0.717, 1.165) is 30.0 Å². The van der Waals surface area contributed by atoms with Crippen molar-refractivity contribution in [2.24, 2.45) is 5.92 Å². The van der Waals surface area contributed by atoms with E-state index in [-0.39, 0.29) is 17.9 Å². The van der Waals surface area contributed by atoms with E-state index in [1.165, 1.54) is 6.42 Å². The van der Waals surface area contributed by atoms with Gasteiger partial charge in [0.15, 0.2) is 5.75 Å². The number of hydrogen-bond acceptors (Lipinski definition) is 2. The Kier molecular flexibility index (Phi) is 6.15. The third-order valence-electron chi connectivity index (χ3n) is 3.38. The molecular formula is C13H15I3NO2+. The molecule has 104 valence electrons. The van der Waals surface area contributed by atoms with Crippen LogP contribution in [0.4, 0.5) is 0 Å². The first-order valence-electron chi connectivity index (χ1n) is 6.18. The molecule has 0 aromatic heterocycles. The summed E-state index contributed by atoms with van der Waals surface area (Å²) in [6.45, 7) is 0. The van der Waals surface area contributed by atoms with Crippen LogP contribution >= 0.6 is 67.8 Å². The zero-order valence-electron chi connectivity index (χ0n) is 10.3. The molecule has 0 amide bonds. The summed E-state index contributed by atoms with van der Waals surface area (Å²) >= 11 is 6.71. The number of esters is 1. The Bertz CT molecular complexity index is 470. The Hall–Kier alpha value is 0.840. The molecule has 1 aromatic rings. The maximum absolute atomic E-state index is 12.3. The average molecular weight is 598 g/mol. The maximum atomic E-state index is 12.3. The molecule has 2 rings (SSSR count). The normalized spacial score (nSPS) is 23.2. The van der Waals surface area contributed by atoms with Crippen LogP contribution in [0.15, 0.2) is 12.1 Å². The van der Waals surface area contributed by atoms with Gasteiger partial charge in [0, 0.05) is 9.99 Å². The van der Waals surface area contributed by atoms with Crippen LogP contribution in [0.25, 0.3) is 0 Å². The summed E-state index contributed by atoms with van der Waals surface area (Å²) in [4.78, 5) is 12.3. The van der Waals surface area contributed by atoms with Crippen molar-refractivity contribution in [2.45, 2.75) is 31.7 Å². The number of halogens is 3. The van der Waals surface area contributed by atoms with Gasteiger partial charge in [-0.2, -0.15) is 0 Å². The van der Waals surface area contributed by atoms with Gasteiger partial charge in [0.05, 0.1) is 13.2 Å². The van der Waals surface area contributed by atoms with Crippen LogP contribution in [-0.2, 0) is 4.79 Å². The lowest BCUT2D eigenvalue weighted by atomic mass is 9.85. The number of rotatable bonds is 2. The van der Waals surface area contributed by atoms with Crippen LogP contribution in [0.1, 0.15) is 25.7 Å². The standard InChI is InChI=1S/C13H14I3NO2/c14-7-5-9(15)12(10(16)6-7)19-13(18)8-3-1-2-4-11(8)17/h5-6,8,11H,1-4,17H2/p+1. The van der Waals surface area contributed by atoms with E-state index in [1.54, 1.807) is 0 Å². The Morgan fingerprint density at radius 3 is 2.32 bits per heavy atom. The van der Waals surface area contributed by atoms with Gasteiger partial charge in [-0.3, -0.25) is 4.79 Å². The number of quaternary nitrogens is 1. The summed E-state index contributed by atoms with van der Waals surface area (Å²) in [5.74, 6) is 0.542. The lowest BCUT2D eigenvalue weighted by molar-refractivity contribution is -0.434. The van der Waals surface area contributed by atoms with Gasteiger partial charge in [-0.1, -0.05) is 6.42 Å². The second-order valence-electron chi connectivity index (χ2n) is 4.77. The number of carbonyl (C=O) groups excluding carboxylic acids is 1. The molecule has 1 aromatic carbocycles. The molecule has 1 saturated carbocycles. The first-order chi connectivity index (χ1) is 8.99. The lowest BCUT2D eigenvalue weighted by Gasteiger charge is -2.24. The highest BCUT2D eigenvalue weighted by atomic mass is 127. The Morgan fingerprint density at radius 2 is 1.74 bits per heavy atom. The molecule has 2 atom stereocenters. The number of benzene rings is 1. The highest BCUT2D eigenvalue weighted by Crippen LogP contribution is 2.31. The minimum absolute atomic E-state index is 0.0420. The summed E-state index contributed by atoms with van der Waals surface area (Å²) in [6.07, 6.45) is 4.22. The van der Waals surface area contributed by atoms with Crippen LogP contribution < -0.4 is 10.5 Å². The van der Waals surface area contributed by atoms with E-state index in [9.17, 15) is 4.79 Å². The molecule has 2 unspecified atom stereocenters. The van der Waals surface area contributed by atoms with Crippen molar-refractivity contribution in [3.63, 3.8) is 0 Å². The molecule has 0 spiro atoms. The molecule has 1 fully saturated rings. The molecule has 1 aliphatic carbocycles. The highest BCUT2D eigenvalue weighted by Gasteiger charge is 2.33. The van der Waals surface area contributed by atoms with Gasteiger partial charge in [0.2, 0.25) is 0 Å². The molecule has 0 aliphatic heterocycles. The van der Waals surface area contributed by atoms with Crippen molar-refractivity contribution in [3.05, 3.63) is 22.8 Å². The predicted octanol–water partition coefficient (Wildman–Crippen LogP) is 3.21. The fraction of sp³-hybridized carbons (Fsp3) is 0.462. The molecule has 0 heterocycles. The van der Waals surface area contributed by atoms with Gasteiger partial charge in [-0.15, -0.1) is 0 Å². The molecular weight excluding hydrogens is 583 g/mol. The van der Waals surface area contributed by atoms with Crippen molar-refractivity contribution in [1.29, 1.82) is 0 Å². The molecule has 3 nitrogen and oxygen atoms in total. The molecule has 0 radical (unpaired) electrons. The third kappa shape index (κ3) is 4.16. The van der Waals surface area contributed by atoms with Gasteiger partial charge in [-0.05, 0) is 92.7 Å². The van der Waals surface area contributed by atoms with Gasteiger partial charge >= 0.3 is 5.97 Å². The zero-order valence-corrected chi connectivity index (χ0v) is 16.8. The zero-order chi connectivity index (χ0) is 14.0. The van der Waals surface area contributed by atoms with Crippen molar-refractivity contribution in [1.82, 2.24) is 0 Å². The fourth-order valence-electron chi connectivity index (χ4n) is 2.32. The lowest BCUT2D eigenvalue weighted by Crippen LogP contribution is -2.66. The highest BCUT2D eigenvalue weighted by molar-refractivity contribution is 14.1.